The van der Waals surface area contributed by atoms with Gasteiger partial charge in [0.1, 0.15) is 18.8 Å². The van der Waals surface area contributed by atoms with Crippen LogP contribution in [0.1, 0.15) is 44.9 Å². The molecule has 2 aromatic rings. The van der Waals surface area contributed by atoms with Crippen LogP contribution >= 0.6 is 0 Å². The predicted octanol–water partition coefficient (Wildman–Crippen LogP) is 2.77. The Hall–Kier alpha value is -2.44. The molecule has 1 saturated carbocycles. The van der Waals surface area contributed by atoms with Gasteiger partial charge in [0.15, 0.2) is 0 Å². The van der Waals surface area contributed by atoms with E-state index in [0.29, 0.717) is 31.5 Å². The molecule has 2 aromatic heterocycles. The van der Waals surface area contributed by atoms with Crippen LogP contribution in [0.3, 0.4) is 0 Å². The SMILES string of the molecule is O=C1CCCN1CCOc1cc2c(NC3CCCCC3)ncnc2cn1. The summed E-state index contributed by atoms with van der Waals surface area (Å²) in [4.78, 5) is 26.6. The lowest BCUT2D eigenvalue weighted by atomic mass is 9.95. The van der Waals surface area contributed by atoms with Gasteiger partial charge in [-0.3, -0.25) is 4.79 Å². The average molecular weight is 355 g/mol. The molecule has 4 rings (SSSR count). The summed E-state index contributed by atoms with van der Waals surface area (Å²) in [5.74, 6) is 1.61. The third kappa shape index (κ3) is 3.86. The number of nitrogens with one attached hydrogen (secondary N) is 1. The van der Waals surface area contributed by atoms with Gasteiger partial charge < -0.3 is 15.0 Å². The van der Waals surface area contributed by atoms with Gasteiger partial charge in [-0.1, -0.05) is 19.3 Å². The van der Waals surface area contributed by atoms with Crippen LogP contribution in [0.25, 0.3) is 10.9 Å². The van der Waals surface area contributed by atoms with Crippen molar-refractivity contribution in [2.45, 2.75) is 51.0 Å². The van der Waals surface area contributed by atoms with Gasteiger partial charge >= 0.3 is 0 Å². The first-order valence-electron chi connectivity index (χ1n) is 9.57. The zero-order valence-corrected chi connectivity index (χ0v) is 15.0. The Labute approximate surface area is 153 Å². The van der Waals surface area contributed by atoms with E-state index in [1.54, 1.807) is 12.5 Å². The highest BCUT2D eigenvalue weighted by Crippen LogP contribution is 2.26. The van der Waals surface area contributed by atoms with E-state index in [1.807, 2.05) is 11.0 Å². The molecular formula is C19H25N5O2. The van der Waals surface area contributed by atoms with E-state index in [9.17, 15) is 4.79 Å². The van der Waals surface area contributed by atoms with Gasteiger partial charge in [-0.05, 0) is 19.3 Å². The second-order valence-electron chi connectivity index (χ2n) is 7.07. The molecule has 26 heavy (non-hydrogen) atoms. The highest BCUT2D eigenvalue weighted by molar-refractivity contribution is 5.89. The van der Waals surface area contributed by atoms with E-state index >= 15 is 0 Å². The molecule has 0 bridgehead atoms. The summed E-state index contributed by atoms with van der Waals surface area (Å²) >= 11 is 0. The summed E-state index contributed by atoms with van der Waals surface area (Å²) in [7, 11) is 0. The summed E-state index contributed by atoms with van der Waals surface area (Å²) < 4.78 is 5.78. The largest absolute Gasteiger partial charge is 0.476 e. The molecule has 1 aliphatic carbocycles. The van der Waals surface area contributed by atoms with Crippen molar-refractivity contribution in [1.82, 2.24) is 19.9 Å². The molecular weight excluding hydrogens is 330 g/mol. The number of nitrogens with zero attached hydrogens (tertiary/aromatic N) is 4. The first kappa shape index (κ1) is 17.0. The average Bonchev–Trinajstić information content (AvgIpc) is 3.08. The summed E-state index contributed by atoms with van der Waals surface area (Å²) in [6, 6.07) is 2.37. The first-order valence-corrected chi connectivity index (χ1v) is 9.57. The van der Waals surface area contributed by atoms with Crippen LogP contribution in [0.5, 0.6) is 5.88 Å². The van der Waals surface area contributed by atoms with Crippen molar-refractivity contribution >= 4 is 22.6 Å². The number of carbonyl (C=O) groups is 1. The van der Waals surface area contributed by atoms with Gasteiger partial charge in [0.25, 0.3) is 0 Å². The van der Waals surface area contributed by atoms with Gasteiger partial charge in [-0.25, -0.2) is 15.0 Å². The maximum Gasteiger partial charge on any atom is 0.222 e. The Morgan fingerprint density at radius 3 is 2.85 bits per heavy atom. The van der Waals surface area contributed by atoms with E-state index in [2.05, 4.69) is 20.3 Å². The van der Waals surface area contributed by atoms with E-state index in [4.69, 9.17) is 4.74 Å². The van der Waals surface area contributed by atoms with Crippen LogP contribution in [-0.2, 0) is 4.79 Å². The molecule has 0 atom stereocenters. The molecule has 138 valence electrons. The van der Waals surface area contributed by atoms with Crippen molar-refractivity contribution in [3.05, 3.63) is 18.6 Å². The molecule has 1 N–H and O–H groups in total. The van der Waals surface area contributed by atoms with E-state index in [0.717, 1.165) is 29.7 Å². The molecule has 7 heteroatoms. The van der Waals surface area contributed by atoms with Gasteiger partial charge in [0.05, 0.1) is 18.3 Å². The van der Waals surface area contributed by atoms with Crippen molar-refractivity contribution in [1.29, 1.82) is 0 Å². The number of aromatic nitrogens is 3. The zero-order chi connectivity index (χ0) is 17.8. The molecule has 0 aromatic carbocycles. The summed E-state index contributed by atoms with van der Waals surface area (Å²) in [5, 5.41) is 4.50. The number of fused-ring (bicyclic) bond motifs is 1. The number of amides is 1. The van der Waals surface area contributed by atoms with Crippen molar-refractivity contribution in [2.24, 2.45) is 0 Å². The predicted molar refractivity (Wildman–Crippen MR) is 99.1 cm³/mol. The summed E-state index contributed by atoms with van der Waals surface area (Å²) in [6.07, 6.45) is 11.1. The quantitative estimate of drug-likeness (QED) is 0.858. The Morgan fingerprint density at radius 1 is 1.15 bits per heavy atom. The van der Waals surface area contributed by atoms with Crippen LogP contribution in [0.2, 0.25) is 0 Å². The van der Waals surface area contributed by atoms with Crippen molar-refractivity contribution in [3.8, 4) is 5.88 Å². The van der Waals surface area contributed by atoms with E-state index < -0.39 is 0 Å². The van der Waals surface area contributed by atoms with Crippen LogP contribution < -0.4 is 10.1 Å². The Kier molecular flexibility index (Phi) is 5.13. The highest BCUT2D eigenvalue weighted by Gasteiger charge is 2.20. The first-order chi connectivity index (χ1) is 12.8. The lowest BCUT2D eigenvalue weighted by Crippen LogP contribution is -2.29. The fourth-order valence-corrected chi connectivity index (χ4v) is 3.77. The van der Waals surface area contributed by atoms with Crippen LogP contribution in [-0.4, -0.2) is 51.5 Å². The number of anilines is 1. The Balaban J connectivity index is 1.44. The zero-order valence-electron chi connectivity index (χ0n) is 15.0. The number of pyridine rings is 1. The molecule has 2 fully saturated rings. The van der Waals surface area contributed by atoms with Crippen LogP contribution in [0.15, 0.2) is 18.6 Å². The molecule has 0 radical (unpaired) electrons. The van der Waals surface area contributed by atoms with Crippen molar-refractivity contribution in [3.63, 3.8) is 0 Å². The second-order valence-corrected chi connectivity index (χ2v) is 7.07. The van der Waals surface area contributed by atoms with Gasteiger partial charge in [0, 0.05) is 30.5 Å². The van der Waals surface area contributed by atoms with Gasteiger partial charge in [-0.2, -0.15) is 0 Å². The number of hydrogen-bond donors (Lipinski definition) is 1. The smallest absolute Gasteiger partial charge is 0.222 e. The van der Waals surface area contributed by atoms with E-state index in [1.165, 1.54) is 32.1 Å². The number of rotatable bonds is 6. The summed E-state index contributed by atoms with van der Waals surface area (Å²) in [6.45, 7) is 1.89. The monoisotopic (exact) mass is 355 g/mol. The Morgan fingerprint density at radius 2 is 2.04 bits per heavy atom. The normalized spacial score (nSPS) is 18.5. The second kappa shape index (κ2) is 7.85. The maximum atomic E-state index is 11.7. The van der Waals surface area contributed by atoms with E-state index in [-0.39, 0.29) is 5.91 Å². The molecule has 0 unspecified atom stereocenters. The fourth-order valence-electron chi connectivity index (χ4n) is 3.77. The molecule has 3 heterocycles. The van der Waals surface area contributed by atoms with Crippen LogP contribution in [0.4, 0.5) is 5.82 Å². The molecule has 1 aliphatic heterocycles. The minimum Gasteiger partial charge on any atom is -0.476 e. The van der Waals surface area contributed by atoms with Crippen LogP contribution in [0, 0.1) is 0 Å². The minimum atomic E-state index is 0.215. The number of ether oxygens (including phenoxy) is 1. The molecule has 1 amide bonds. The standard InChI is InChI=1S/C19H25N5O2/c25-18-7-4-8-24(18)9-10-26-17-11-15-16(12-20-17)21-13-22-19(15)23-14-5-2-1-3-6-14/h11-14H,1-10H2,(H,21,22,23). The topological polar surface area (TPSA) is 80.2 Å². The third-order valence-corrected chi connectivity index (χ3v) is 5.23. The molecule has 2 aliphatic rings. The molecule has 1 saturated heterocycles. The number of likely N-dealkylation sites (tertiary alicyclic amines) is 1. The molecule has 0 spiro atoms. The maximum absolute atomic E-state index is 11.7. The van der Waals surface area contributed by atoms with Gasteiger partial charge in [0.2, 0.25) is 11.8 Å². The fraction of sp³-hybridized carbons (Fsp3) is 0.579. The van der Waals surface area contributed by atoms with Crippen molar-refractivity contribution < 1.29 is 9.53 Å². The number of hydrogen-bond acceptors (Lipinski definition) is 6. The Bertz CT molecular complexity index is 776. The van der Waals surface area contributed by atoms with Gasteiger partial charge in [-0.15, -0.1) is 0 Å². The number of carbonyl (C=O) groups excluding carboxylic acids is 1. The lowest BCUT2D eigenvalue weighted by Gasteiger charge is -2.23. The minimum absolute atomic E-state index is 0.215. The van der Waals surface area contributed by atoms with Crippen molar-refractivity contribution in [2.75, 3.05) is 25.0 Å². The summed E-state index contributed by atoms with van der Waals surface area (Å²) in [5.41, 5.74) is 0.806. The third-order valence-electron chi connectivity index (χ3n) is 5.23. The lowest BCUT2D eigenvalue weighted by molar-refractivity contribution is -0.128. The highest BCUT2D eigenvalue weighted by atomic mass is 16.5. The molecule has 7 nitrogen and oxygen atoms in total.